The molecule has 160 valence electrons. The predicted octanol–water partition coefficient (Wildman–Crippen LogP) is 2.25. The number of esters is 1. The fourth-order valence-corrected chi connectivity index (χ4v) is 5.97. The average molecular weight is 453 g/mol. The summed E-state index contributed by atoms with van der Waals surface area (Å²) in [4.78, 5) is 50.8. The number of nitrogens with zero attached hydrogens (tertiary/aromatic N) is 1. The highest BCUT2D eigenvalue weighted by Gasteiger charge is 2.66. The zero-order chi connectivity index (χ0) is 21.7. The van der Waals surface area contributed by atoms with Gasteiger partial charge in [-0.05, 0) is 43.2 Å². The van der Waals surface area contributed by atoms with Crippen molar-refractivity contribution in [1.29, 1.82) is 0 Å². The van der Waals surface area contributed by atoms with Crippen molar-refractivity contribution in [2.24, 2.45) is 23.7 Å². The largest absolute Gasteiger partial charge is 0.454 e. The zero-order valence-electron chi connectivity index (χ0n) is 16.6. The van der Waals surface area contributed by atoms with Crippen LogP contribution in [0.5, 0.6) is 0 Å². The van der Waals surface area contributed by atoms with Gasteiger partial charge in [-0.25, -0.2) is 0 Å². The van der Waals surface area contributed by atoms with Crippen molar-refractivity contribution >= 4 is 52.6 Å². The molecular weight excluding hydrogens is 431 g/mol. The Labute approximate surface area is 184 Å². The highest BCUT2D eigenvalue weighted by molar-refractivity contribution is 6.31. The molecule has 2 bridgehead atoms. The van der Waals surface area contributed by atoms with Crippen LogP contribution in [0.1, 0.15) is 17.5 Å². The number of alkyl halides is 2. The lowest BCUT2D eigenvalue weighted by Gasteiger charge is -2.28. The van der Waals surface area contributed by atoms with Gasteiger partial charge >= 0.3 is 5.97 Å². The summed E-state index contributed by atoms with van der Waals surface area (Å²) < 4.78 is 5.00. The number of carbonyl (C=O) groups excluding carboxylic acids is 4. The smallest absolute Gasteiger partial charge is 0.326 e. The topological polar surface area (TPSA) is 92.8 Å². The molecule has 0 aromatic heterocycles. The van der Waals surface area contributed by atoms with Gasteiger partial charge in [0.15, 0.2) is 6.61 Å². The molecule has 1 aromatic carbocycles. The number of benzene rings is 1. The van der Waals surface area contributed by atoms with Gasteiger partial charge in [-0.15, -0.1) is 23.2 Å². The number of likely N-dealkylation sites (tertiary alicyclic amines) is 1. The van der Waals surface area contributed by atoms with Crippen LogP contribution in [0.3, 0.4) is 0 Å². The summed E-state index contributed by atoms with van der Waals surface area (Å²) in [6, 6.07) is 5.60. The fourth-order valence-electron chi connectivity index (χ4n) is 5.07. The third kappa shape index (κ3) is 3.38. The third-order valence-corrected chi connectivity index (χ3v) is 7.79. The third-order valence-electron chi connectivity index (χ3n) is 6.48. The molecule has 3 fully saturated rings. The van der Waals surface area contributed by atoms with Crippen molar-refractivity contribution in [3.8, 4) is 0 Å². The van der Waals surface area contributed by atoms with Gasteiger partial charge in [0.05, 0.1) is 22.6 Å². The van der Waals surface area contributed by atoms with Crippen LogP contribution in [0.15, 0.2) is 18.2 Å². The Morgan fingerprint density at radius 2 is 1.60 bits per heavy atom. The Balaban J connectivity index is 1.33. The molecule has 30 heavy (non-hydrogen) atoms. The monoisotopic (exact) mass is 452 g/mol. The SMILES string of the molecule is Cc1cccc(C)c1NC(=O)COC(=O)CN1C(=O)[C@@H]2[C@H]3C[C@@H]([C@H](Cl)[C@@H]3Cl)[C@@H]2C1=O. The second-order valence-electron chi connectivity index (χ2n) is 8.24. The standard InChI is InChI=1S/C21H22Cl2N2O5/c1-9-4-3-5-10(2)19(9)24-13(26)8-30-14(27)7-25-20(28)15-11-6-12(16(15)21(25)29)18(23)17(11)22/h3-5,11-12,15-18H,6-8H2,1-2H3,(H,24,26)/t11-,12-,15-,16+,17-,18+/m1/s1. The number of carbonyl (C=O) groups is 4. The lowest BCUT2D eigenvalue weighted by Crippen LogP contribution is -2.38. The lowest BCUT2D eigenvalue weighted by atomic mass is 9.80. The van der Waals surface area contributed by atoms with Crippen LogP contribution >= 0.6 is 23.2 Å². The first-order valence-corrected chi connectivity index (χ1v) is 10.7. The molecule has 0 unspecified atom stereocenters. The van der Waals surface area contributed by atoms with E-state index < -0.39 is 48.7 Å². The van der Waals surface area contributed by atoms with Gasteiger partial charge in [-0.1, -0.05) is 18.2 Å². The van der Waals surface area contributed by atoms with Gasteiger partial charge in [0.25, 0.3) is 5.91 Å². The maximum Gasteiger partial charge on any atom is 0.326 e. The molecule has 0 spiro atoms. The molecule has 3 aliphatic rings. The minimum absolute atomic E-state index is 0.148. The molecular formula is C21H22Cl2N2O5. The van der Waals surface area contributed by atoms with E-state index in [9.17, 15) is 19.2 Å². The molecule has 1 heterocycles. The summed E-state index contributed by atoms with van der Waals surface area (Å²) in [5.74, 6) is -3.43. The molecule has 4 rings (SSSR count). The molecule has 1 saturated heterocycles. The highest BCUT2D eigenvalue weighted by atomic mass is 35.5. The van der Waals surface area contributed by atoms with Gasteiger partial charge in [0.2, 0.25) is 11.8 Å². The van der Waals surface area contributed by atoms with Crippen LogP contribution in [-0.2, 0) is 23.9 Å². The molecule has 2 saturated carbocycles. The van der Waals surface area contributed by atoms with E-state index in [0.29, 0.717) is 12.1 Å². The van der Waals surface area contributed by atoms with E-state index in [1.54, 1.807) is 0 Å². The number of ether oxygens (including phenoxy) is 1. The van der Waals surface area contributed by atoms with E-state index in [4.69, 9.17) is 27.9 Å². The molecule has 1 aromatic rings. The van der Waals surface area contributed by atoms with Crippen LogP contribution in [0.4, 0.5) is 5.69 Å². The summed E-state index contributed by atoms with van der Waals surface area (Å²) >= 11 is 12.6. The Bertz CT molecular complexity index is 884. The minimum Gasteiger partial charge on any atom is -0.454 e. The van der Waals surface area contributed by atoms with E-state index >= 15 is 0 Å². The molecule has 6 atom stereocenters. The Kier molecular flexibility index (Phi) is 5.53. The van der Waals surface area contributed by atoms with E-state index in [2.05, 4.69) is 5.32 Å². The summed E-state index contributed by atoms with van der Waals surface area (Å²) in [5, 5.41) is 2.01. The van der Waals surface area contributed by atoms with Crippen LogP contribution < -0.4 is 5.32 Å². The average Bonchev–Trinajstić information content (AvgIpc) is 3.30. The van der Waals surface area contributed by atoms with Crippen molar-refractivity contribution in [3.63, 3.8) is 0 Å². The molecule has 1 N–H and O–H groups in total. The highest BCUT2D eigenvalue weighted by Crippen LogP contribution is 2.59. The quantitative estimate of drug-likeness (QED) is 0.420. The first-order chi connectivity index (χ1) is 14.2. The summed E-state index contributed by atoms with van der Waals surface area (Å²) in [6.45, 7) is 2.70. The maximum absolute atomic E-state index is 12.7. The number of hydrogen-bond acceptors (Lipinski definition) is 5. The van der Waals surface area contributed by atoms with E-state index in [1.807, 2.05) is 32.0 Å². The summed E-state index contributed by atoms with van der Waals surface area (Å²) in [7, 11) is 0. The number of halogens is 2. The number of nitrogens with one attached hydrogen (secondary N) is 1. The van der Waals surface area contributed by atoms with Crippen LogP contribution in [0.2, 0.25) is 0 Å². The lowest BCUT2D eigenvalue weighted by molar-refractivity contribution is -0.154. The van der Waals surface area contributed by atoms with Crippen molar-refractivity contribution in [2.75, 3.05) is 18.5 Å². The predicted molar refractivity (Wildman–Crippen MR) is 110 cm³/mol. The van der Waals surface area contributed by atoms with E-state index in [1.165, 1.54) is 0 Å². The molecule has 2 aliphatic carbocycles. The Morgan fingerprint density at radius 3 is 2.13 bits per heavy atom. The zero-order valence-corrected chi connectivity index (χ0v) is 18.1. The number of fused-ring (bicyclic) bond motifs is 5. The van der Waals surface area contributed by atoms with Crippen LogP contribution in [0, 0.1) is 37.5 Å². The molecule has 1 aliphatic heterocycles. The number of amides is 3. The van der Waals surface area contributed by atoms with Gasteiger partial charge in [0, 0.05) is 5.69 Å². The first kappa shape index (κ1) is 21.1. The fraction of sp³-hybridized carbons (Fsp3) is 0.524. The Morgan fingerprint density at radius 1 is 1.07 bits per heavy atom. The number of hydrogen-bond donors (Lipinski definition) is 1. The van der Waals surface area contributed by atoms with Gasteiger partial charge in [-0.3, -0.25) is 24.1 Å². The van der Waals surface area contributed by atoms with E-state index in [-0.39, 0.29) is 22.6 Å². The number of imide groups is 1. The molecule has 3 amide bonds. The molecule has 9 heteroatoms. The molecule has 0 radical (unpaired) electrons. The number of anilines is 1. The minimum atomic E-state index is -0.814. The van der Waals surface area contributed by atoms with Crippen LogP contribution in [-0.4, -0.2) is 52.5 Å². The number of para-hydroxylation sites is 1. The number of aryl methyl sites for hydroxylation is 2. The summed E-state index contributed by atoms with van der Waals surface area (Å²) in [6.07, 6.45) is 0.659. The van der Waals surface area contributed by atoms with Crippen LogP contribution in [0.25, 0.3) is 0 Å². The van der Waals surface area contributed by atoms with E-state index in [0.717, 1.165) is 16.0 Å². The van der Waals surface area contributed by atoms with Gasteiger partial charge in [0.1, 0.15) is 6.54 Å². The first-order valence-electron chi connectivity index (χ1n) is 9.85. The van der Waals surface area contributed by atoms with Gasteiger partial charge in [-0.2, -0.15) is 0 Å². The Hall–Kier alpha value is -2.12. The van der Waals surface area contributed by atoms with Gasteiger partial charge < -0.3 is 10.1 Å². The van der Waals surface area contributed by atoms with Crippen molar-refractivity contribution in [1.82, 2.24) is 4.90 Å². The van der Waals surface area contributed by atoms with Crippen molar-refractivity contribution in [2.45, 2.75) is 31.0 Å². The molecule has 7 nitrogen and oxygen atoms in total. The van der Waals surface area contributed by atoms with Crippen molar-refractivity contribution in [3.05, 3.63) is 29.3 Å². The second kappa shape index (κ2) is 7.85. The normalized spacial score (nSPS) is 31.8. The second-order valence-corrected chi connectivity index (χ2v) is 9.25. The maximum atomic E-state index is 12.7. The number of rotatable bonds is 5. The summed E-state index contributed by atoms with van der Waals surface area (Å²) in [5.41, 5.74) is 2.44. The van der Waals surface area contributed by atoms with Crippen molar-refractivity contribution < 1.29 is 23.9 Å².